The minimum atomic E-state index is -3.00. The molecule has 1 aliphatic heterocycles. The number of sulfonamides is 1. The van der Waals surface area contributed by atoms with E-state index in [1.54, 1.807) is 11.4 Å². The van der Waals surface area contributed by atoms with E-state index >= 15 is 0 Å². The van der Waals surface area contributed by atoms with Crippen molar-refractivity contribution >= 4 is 10.0 Å². The first-order valence-electron chi connectivity index (χ1n) is 7.23. The lowest BCUT2D eigenvalue weighted by Gasteiger charge is -2.35. The molecule has 0 bridgehead atoms. The van der Waals surface area contributed by atoms with Gasteiger partial charge < -0.3 is 10.1 Å². The molecule has 0 unspecified atom stereocenters. The summed E-state index contributed by atoms with van der Waals surface area (Å²) in [5.74, 6) is 0. The van der Waals surface area contributed by atoms with Gasteiger partial charge in [0.05, 0.1) is 12.4 Å². The molecule has 1 N–H and O–H groups in total. The Morgan fingerprint density at radius 2 is 1.53 bits per heavy atom. The van der Waals surface area contributed by atoms with Crippen LogP contribution in [0.25, 0.3) is 0 Å². The number of nitrogens with zero attached hydrogens (tertiary/aromatic N) is 1. The van der Waals surface area contributed by atoms with E-state index in [0.29, 0.717) is 31.3 Å². The average molecular weight is 290 g/mol. The summed E-state index contributed by atoms with van der Waals surface area (Å²) in [4.78, 5) is 0. The predicted molar refractivity (Wildman–Crippen MR) is 75.6 cm³/mol. The van der Waals surface area contributed by atoms with Crippen LogP contribution in [0.3, 0.4) is 0 Å². The van der Waals surface area contributed by atoms with Crippen molar-refractivity contribution in [3.63, 3.8) is 0 Å². The molecule has 1 aliphatic carbocycles. The molecule has 0 amide bonds. The van der Waals surface area contributed by atoms with E-state index in [2.05, 4.69) is 5.32 Å². The highest BCUT2D eigenvalue weighted by Crippen LogP contribution is 2.22. The summed E-state index contributed by atoms with van der Waals surface area (Å²) in [6.07, 6.45) is 8.20. The van der Waals surface area contributed by atoms with Gasteiger partial charge in [0.1, 0.15) is 0 Å². The van der Waals surface area contributed by atoms with Gasteiger partial charge >= 0.3 is 0 Å². The second kappa shape index (κ2) is 6.52. The Kier molecular flexibility index (Phi) is 5.22. The lowest BCUT2D eigenvalue weighted by molar-refractivity contribution is 0.0601. The fraction of sp³-hybridized carbons (Fsp3) is 1.00. The Morgan fingerprint density at radius 1 is 1.00 bits per heavy atom. The number of ether oxygens (including phenoxy) is 1. The zero-order chi connectivity index (χ0) is 13.9. The first kappa shape index (κ1) is 15.2. The van der Waals surface area contributed by atoms with Crippen LogP contribution in [0.4, 0.5) is 0 Å². The third kappa shape index (κ3) is 4.41. The highest BCUT2D eigenvalue weighted by Gasteiger charge is 2.27. The van der Waals surface area contributed by atoms with Crippen molar-refractivity contribution < 1.29 is 13.2 Å². The molecule has 6 heteroatoms. The monoisotopic (exact) mass is 290 g/mol. The molecule has 1 heterocycles. The summed E-state index contributed by atoms with van der Waals surface area (Å²) in [5, 5.41) is 3.70. The van der Waals surface area contributed by atoms with Crippen molar-refractivity contribution in [1.29, 1.82) is 0 Å². The van der Waals surface area contributed by atoms with Crippen molar-refractivity contribution in [3.05, 3.63) is 0 Å². The quantitative estimate of drug-likeness (QED) is 0.838. The number of hydrogen-bond acceptors (Lipinski definition) is 4. The van der Waals surface area contributed by atoms with Crippen LogP contribution in [-0.4, -0.2) is 57.4 Å². The Bertz CT molecular complexity index is 369. The highest BCUT2D eigenvalue weighted by molar-refractivity contribution is 7.88. The molecular weight excluding hydrogens is 264 g/mol. The summed E-state index contributed by atoms with van der Waals surface area (Å²) in [6, 6.07) is 1.06. The first-order chi connectivity index (χ1) is 8.99. The molecule has 0 aromatic heterocycles. The molecule has 112 valence electrons. The van der Waals surface area contributed by atoms with Crippen molar-refractivity contribution in [2.75, 3.05) is 26.5 Å². The molecule has 0 spiro atoms. The fourth-order valence-corrected chi connectivity index (χ4v) is 4.03. The van der Waals surface area contributed by atoms with Crippen molar-refractivity contribution in [2.45, 2.75) is 56.7 Å². The maximum atomic E-state index is 11.4. The van der Waals surface area contributed by atoms with Gasteiger partial charge in [0.25, 0.3) is 0 Å². The van der Waals surface area contributed by atoms with Crippen LogP contribution in [0.5, 0.6) is 0 Å². The van der Waals surface area contributed by atoms with Crippen LogP contribution < -0.4 is 5.32 Å². The molecule has 1 saturated carbocycles. The van der Waals surface area contributed by atoms with Gasteiger partial charge in [-0.1, -0.05) is 0 Å². The minimum absolute atomic E-state index is 0.435. The normalized spacial score (nSPS) is 31.5. The standard InChI is InChI=1S/C13H26N2O3S/c1-18-13-5-3-11(4-6-13)14-12-7-9-15(10-8-12)19(2,16)17/h11-14H,3-10H2,1-2H3. The van der Waals surface area contributed by atoms with E-state index in [1.165, 1.54) is 19.1 Å². The largest absolute Gasteiger partial charge is 0.381 e. The van der Waals surface area contributed by atoms with Gasteiger partial charge in [0, 0.05) is 32.3 Å². The molecule has 2 rings (SSSR count). The molecular formula is C13H26N2O3S. The number of hydrogen-bond donors (Lipinski definition) is 1. The molecule has 0 aromatic rings. The predicted octanol–water partition coefficient (Wildman–Crippen LogP) is 0.958. The summed E-state index contributed by atoms with van der Waals surface area (Å²) in [5.41, 5.74) is 0. The first-order valence-corrected chi connectivity index (χ1v) is 9.08. The second-order valence-electron chi connectivity index (χ2n) is 5.81. The van der Waals surface area contributed by atoms with Gasteiger partial charge in [-0.15, -0.1) is 0 Å². The number of rotatable bonds is 4. The molecule has 0 atom stereocenters. The maximum Gasteiger partial charge on any atom is 0.211 e. The Labute approximate surface area is 116 Å². The van der Waals surface area contributed by atoms with Gasteiger partial charge in [-0.25, -0.2) is 12.7 Å². The van der Waals surface area contributed by atoms with Crippen LogP contribution in [-0.2, 0) is 14.8 Å². The SMILES string of the molecule is COC1CCC(NC2CCN(S(C)(=O)=O)CC2)CC1. The van der Waals surface area contributed by atoms with Gasteiger partial charge in [0.15, 0.2) is 0 Å². The third-order valence-corrected chi connectivity index (χ3v) is 5.71. The lowest BCUT2D eigenvalue weighted by atomic mass is 9.91. The minimum Gasteiger partial charge on any atom is -0.381 e. The van der Waals surface area contributed by atoms with Crippen LogP contribution in [0, 0.1) is 0 Å². The smallest absolute Gasteiger partial charge is 0.211 e. The summed E-state index contributed by atoms with van der Waals surface area (Å²) in [6.45, 7) is 1.31. The van der Waals surface area contributed by atoms with E-state index in [9.17, 15) is 8.42 Å². The number of nitrogens with one attached hydrogen (secondary N) is 1. The Morgan fingerprint density at radius 3 is 2.00 bits per heavy atom. The lowest BCUT2D eigenvalue weighted by Crippen LogP contribution is -2.48. The Balaban J connectivity index is 1.72. The van der Waals surface area contributed by atoms with E-state index in [1.807, 2.05) is 0 Å². The zero-order valence-corrected chi connectivity index (χ0v) is 12.8. The molecule has 2 fully saturated rings. The van der Waals surface area contributed by atoms with E-state index < -0.39 is 10.0 Å². The van der Waals surface area contributed by atoms with E-state index in [-0.39, 0.29) is 0 Å². The van der Waals surface area contributed by atoms with Gasteiger partial charge in [-0.2, -0.15) is 0 Å². The Hall–Kier alpha value is -0.170. The summed E-state index contributed by atoms with van der Waals surface area (Å²) < 4.78 is 29.9. The zero-order valence-electron chi connectivity index (χ0n) is 12.0. The molecule has 0 aromatic carbocycles. The van der Waals surface area contributed by atoms with Crippen LogP contribution in [0.1, 0.15) is 38.5 Å². The molecule has 0 radical (unpaired) electrons. The average Bonchev–Trinajstić information content (AvgIpc) is 2.39. The molecule has 19 heavy (non-hydrogen) atoms. The van der Waals surface area contributed by atoms with E-state index in [0.717, 1.165) is 25.7 Å². The van der Waals surface area contributed by atoms with E-state index in [4.69, 9.17) is 4.74 Å². The van der Waals surface area contributed by atoms with Gasteiger partial charge in [0.2, 0.25) is 10.0 Å². The summed E-state index contributed by atoms with van der Waals surface area (Å²) in [7, 11) is -1.21. The summed E-state index contributed by atoms with van der Waals surface area (Å²) >= 11 is 0. The van der Waals surface area contributed by atoms with Crippen molar-refractivity contribution in [1.82, 2.24) is 9.62 Å². The van der Waals surface area contributed by atoms with Crippen LogP contribution in [0.2, 0.25) is 0 Å². The highest BCUT2D eigenvalue weighted by atomic mass is 32.2. The molecule has 5 nitrogen and oxygen atoms in total. The maximum absolute atomic E-state index is 11.4. The third-order valence-electron chi connectivity index (χ3n) is 4.40. The fourth-order valence-electron chi connectivity index (χ4n) is 3.15. The number of methoxy groups -OCH3 is 1. The van der Waals surface area contributed by atoms with Gasteiger partial charge in [-0.05, 0) is 38.5 Å². The topological polar surface area (TPSA) is 58.6 Å². The van der Waals surface area contributed by atoms with Crippen LogP contribution >= 0.6 is 0 Å². The van der Waals surface area contributed by atoms with Crippen LogP contribution in [0.15, 0.2) is 0 Å². The second-order valence-corrected chi connectivity index (χ2v) is 7.79. The molecule has 2 aliphatic rings. The van der Waals surface area contributed by atoms with Crippen molar-refractivity contribution in [3.8, 4) is 0 Å². The molecule has 1 saturated heterocycles. The van der Waals surface area contributed by atoms with Gasteiger partial charge in [-0.3, -0.25) is 0 Å². The van der Waals surface area contributed by atoms with Crippen molar-refractivity contribution in [2.24, 2.45) is 0 Å². The number of piperidine rings is 1.